The summed E-state index contributed by atoms with van der Waals surface area (Å²) in [6, 6.07) is 3.09. The fourth-order valence-electron chi connectivity index (χ4n) is 4.89. The molecule has 2 aromatic rings. The average molecular weight is 623 g/mol. The zero-order valence-electron chi connectivity index (χ0n) is 25.3. The molecule has 1 fully saturated rings. The van der Waals surface area contributed by atoms with Gasteiger partial charge in [0.2, 0.25) is 0 Å². The van der Waals surface area contributed by atoms with E-state index in [-0.39, 0.29) is 23.7 Å². The van der Waals surface area contributed by atoms with E-state index < -0.39 is 52.4 Å². The summed E-state index contributed by atoms with van der Waals surface area (Å²) in [5.74, 6) is -1.11. The molecule has 18 heteroatoms. The topological polar surface area (TPSA) is 108 Å². The number of alkyl halides is 3. The van der Waals surface area contributed by atoms with Crippen LogP contribution in [0.15, 0.2) is 35.5 Å². The van der Waals surface area contributed by atoms with Gasteiger partial charge in [-0.15, -0.1) is 0 Å². The van der Waals surface area contributed by atoms with E-state index in [9.17, 15) is 23.1 Å². The number of ether oxygens (including phenoxy) is 1. The van der Waals surface area contributed by atoms with E-state index >= 15 is 0 Å². The Labute approximate surface area is 264 Å². The summed E-state index contributed by atoms with van der Waals surface area (Å²) in [6.45, 7) is 6.70. The molecule has 2 atom stereocenters. The first-order chi connectivity index (χ1) is 20.1. The minimum absolute atomic E-state index is 0.0589. The zero-order valence-corrected chi connectivity index (χ0v) is 26.1. The molecule has 4 rings (SSSR count). The van der Waals surface area contributed by atoms with Gasteiger partial charge in [0, 0.05) is 31.5 Å². The summed E-state index contributed by atoms with van der Waals surface area (Å²) in [6.07, 6.45) is -0.481. The number of nitrogens with zero attached hydrogens (tertiary/aromatic N) is 5. The number of halogens is 3. The smallest absolute Gasteiger partial charge is 0.396 e. The summed E-state index contributed by atoms with van der Waals surface area (Å²) in [7, 11) is 26.5. The van der Waals surface area contributed by atoms with E-state index in [0.29, 0.717) is 0 Å². The molecule has 0 saturated carbocycles. The summed E-state index contributed by atoms with van der Waals surface area (Å²) in [5, 5.41) is 12.4. The van der Waals surface area contributed by atoms with E-state index in [1.54, 1.807) is 48.9 Å². The molecule has 44 heavy (non-hydrogen) atoms. The van der Waals surface area contributed by atoms with Crippen LogP contribution in [0.1, 0.15) is 43.7 Å². The Morgan fingerprint density at radius 2 is 1.93 bits per heavy atom. The number of pyridine rings is 1. The summed E-state index contributed by atoms with van der Waals surface area (Å²) in [5.41, 5.74) is 0.597. The van der Waals surface area contributed by atoms with E-state index in [4.69, 9.17) is 41.1 Å². The van der Waals surface area contributed by atoms with Gasteiger partial charge in [-0.2, -0.15) is 23.7 Å². The van der Waals surface area contributed by atoms with Crippen molar-refractivity contribution >= 4 is 60.9 Å². The van der Waals surface area contributed by atoms with Gasteiger partial charge in [0.1, 0.15) is 17.9 Å². The van der Waals surface area contributed by atoms with Crippen LogP contribution in [-0.4, -0.2) is 93.7 Å². The van der Waals surface area contributed by atoms with Crippen LogP contribution in [0.25, 0.3) is 0 Å². The highest BCUT2D eigenvalue weighted by Crippen LogP contribution is 2.54. The number of anilines is 2. The molecule has 0 spiro atoms. The maximum atomic E-state index is 13.6. The lowest BCUT2D eigenvalue weighted by atomic mass is 9.36. The largest absolute Gasteiger partial charge is 0.409 e. The molecule has 2 unspecified atom stereocenters. The van der Waals surface area contributed by atoms with Crippen molar-refractivity contribution in [2.24, 2.45) is 18.4 Å². The number of aromatic nitrogens is 3. The van der Waals surface area contributed by atoms with Crippen LogP contribution >= 0.6 is 11.9 Å². The molecule has 2 aromatic heterocycles. The van der Waals surface area contributed by atoms with Crippen molar-refractivity contribution < 1.29 is 27.8 Å². The third kappa shape index (κ3) is 6.54. The lowest BCUT2D eigenvalue weighted by Crippen LogP contribution is -2.51. The van der Waals surface area contributed by atoms with E-state index in [2.05, 4.69) is 15.2 Å². The molecular weight excluding hydrogens is 591 g/mol. The Morgan fingerprint density at radius 3 is 2.48 bits per heavy atom. The Morgan fingerprint density at radius 1 is 1.27 bits per heavy atom. The molecule has 0 aromatic carbocycles. The van der Waals surface area contributed by atoms with Gasteiger partial charge in [-0.05, 0) is 76.1 Å². The van der Waals surface area contributed by atoms with Gasteiger partial charge in [-0.1, -0.05) is 5.21 Å². The Bertz CT molecular complexity index is 1430. The maximum absolute atomic E-state index is 13.6. The van der Waals surface area contributed by atoms with Gasteiger partial charge >= 0.3 is 6.18 Å². The molecule has 1 saturated heterocycles. The standard InChI is InChI=1S/C26H32B4F3N7O3S/c1-14-16(11-38(6)35-14)44-37-21(41)15-7-8-18(40-10-9-19(36-40)43-13-22(2,3)26(31,32)33)34-20(15)39-12-17(25(29,30)42)24(27,28)23(39,4)5/h7-11,17,19,36,42H,12-13H2,1-6H3,(H,37,41). The maximum Gasteiger partial charge on any atom is 0.396 e. The first kappa shape index (κ1) is 34.3. The first-order valence-electron chi connectivity index (χ1n) is 13.6. The Balaban J connectivity index is 1.65. The SMILES string of the molecule is [B]C([B])(O)C1CN(c2nc(N3C=CC(OCC(C)(C)C(F)(F)F)N3)ccc2C(=O)NSc2cn(C)nc2C)C(C)(C)C1([B])[B]. The highest BCUT2D eigenvalue weighted by Gasteiger charge is 2.57. The first-order valence-corrected chi connectivity index (χ1v) is 14.4. The Kier molecular flexibility index (Phi) is 9.10. The van der Waals surface area contributed by atoms with Gasteiger partial charge in [-0.25, -0.2) is 4.98 Å². The molecule has 8 radical (unpaired) electrons. The molecular formula is C26H32B4F3N7O3S. The highest BCUT2D eigenvalue weighted by molar-refractivity contribution is 7.98. The fraction of sp³-hybridized carbons (Fsp3) is 0.577. The van der Waals surface area contributed by atoms with Crippen molar-refractivity contribution in [3.63, 3.8) is 0 Å². The minimum Gasteiger partial charge on any atom is -0.409 e. The fourth-order valence-corrected chi connectivity index (χ4v) is 5.60. The van der Waals surface area contributed by atoms with Gasteiger partial charge in [-0.3, -0.25) is 19.2 Å². The molecule has 2 aliphatic heterocycles. The Hall–Kier alpha value is -2.55. The van der Waals surface area contributed by atoms with Crippen molar-refractivity contribution in [2.75, 3.05) is 23.1 Å². The zero-order chi connectivity index (χ0) is 33.0. The van der Waals surface area contributed by atoms with Crippen LogP contribution < -0.4 is 20.1 Å². The van der Waals surface area contributed by atoms with Crippen molar-refractivity contribution in [1.82, 2.24) is 24.9 Å². The highest BCUT2D eigenvalue weighted by atomic mass is 32.2. The molecule has 4 heterocycles. The summed E-state index contributed by atoms with van der Waals surface area (Å²) in [4.78, 5) is 20.7. The number of hydrogen-bond donors (Lipinski definition) is 3. The van der Waals surface area contributed by atoms with Crippen LogP contribution in [0.5, 0.6) is 0 Å². The monoisotopic (exact) mass is 623 g/mol. The molecule has 3 N–H and O–H groups in total. The molecule has 228 valence electrons. The predicted molar refractivity (Wildman–Crippen MR) is 165 cm³/mol. The normalized spacial score (nSPS) is 21.7. The van der Waals surface area contributed by atoms with Gasteiger partial charge in [0.05, 0.1) is 59.6 Å². The number of hydrazine groups is 1. The van der Waals surface area contributed by atoms with Gasteiger partial charge in [0.15, 0.2) is 0 Å². The summed E-state index contributed by atoms with van der Waals surface area (Å²) < 4.78 is 49.8. The lowest BCUT2D eigenvalue weighted by molar-refractivity contribution is -0.230. The van der Waals surface area contributed by atoms with Crippen LogP contribution in [0.2, 0.25) is 5.21 Å². The summed E-state index contributed by atoms with van der Waals surface area (Å²) >= 11 is 1.08. The molecule has 10 nitrogen and oxygen atoms in total. The third-order valence-corrected chi connectivity index (χ3v) is 9.04. The van der Waals surface area contributed by atoms with Crippen molar-refractivity contribution in [1.29, 1.82) is 0 Å². The van der Waals surface area contributed by atoms with E-state index in [1.807, 2.05) is 6.92 Å². The van der Waals surface area contributed by atoms with Crippen molar-refractivity contribution in [3.05, 3.63) is 41.9 Å². The quantitative estimate of drug-likeness (QED) is 0.286. The molecule has 0 bridgehead atoms. The van der Waals surface area contributed by atoms with Crippen LogP contribution in [0.3, 0.4) is 0 Å². The van der Waals surface area contributed by atoms with Gasteiger partial charge in [0.25, 0.3) is 5.91 Å². The van der Waals surface area contributed by atoms with Gasteiger partial charge < -0.3 is 14.7 Å². The molecule has 0 aliphatic carbocycles. The van der Waals surface area contributed by atoms with Crippen LogP contribution in [0.4, 0.5) is 24.8 Å². The number of aliphatic hydroxyl groups is 1. The molecule has 2 aliphatic rings. The predicted octanol–water partition coefficient (Wildman–Crippen LogP) is 1.98. The second-order valence-electron chi connectivity index (χ2n) is 12.3. The lowest BCUT2D eigenvalue weighted by Gasteiger charge is -2.46. The number of nitrogens with one attached hydrogen (secondary N) is 2. The van der Waals surface area contributed by atoms with Crippen molar-refractivity contribution in [3.8, 4) is 0 Å². The second-order valence-corrected chi connectivity index (χ2v) is 13.2. The second kappa shape index (κ2) is 11.7. The minimum atomic E-state index is -4.45. The third-order valence-electron chi connectivity index (χ3n) is 8.13. The number of carbonyl (C=O) groups excluding carboxylic acids is 1. The number of rotatable bonds is 9. The molecule has 1 amide bonds. The van der Waals surface area contributed by atoms with Crippen LogP contribution in [-0.2, 0) is 11.8 Å². The van der Waals surface area contributed by atoms with E-state index in [0.717, 1.165) is 36.4 Å². The van der Waals surface area contributed by atoms with Crippen molar-refractivity contribution in [2.45, 2.75) is 68.1 Å². The van der Waals surface area contributed by atoms with E-state index in [1.165, 1.54) is 17.2 Å². The average Bonchev–Trinajstić information content (AvgIpc) is 3.54. The number of hydrogen-bond acceptors (Lipinski definition) is 9. The number of aryl methyl sites for hydroxylation is 2. The number of carbonyl (C=O) groups is 1. The van der Waals surface area contributed by atoms with Crippen LogP contribution in [0, 0.1) is 18.3 Å². The number of amides is 1.